The summed E-state index contributed by atoms with van der Waals surface area (Å²) in [5.41, 5.74) is 2.29. The van der Waals surface area contributed by atoms with Gasteiger partial charge in [0.05, 0.1) is 8.80 Å². The van der Waals surface area contributed by atoms with Gasteiger partial charge in [-0.05, 0) is 67.3 Å². The molecule has 0 amide bonds. The van der Waals surface area contributed by atoms with Gasteiger partial charge in [0, 0.05) is 0 Å². The maximum absolute atomic E-state index is 2.58. The zero-order chi connectivity index (χ0) is 13.0. The van der Waals surface area contributed by atoms with Crippen molar-refractivity contribution < 1.29 is 0 Å². The molecule has 0 aliphatic heterocycles. The molecular formula is C18H25Si. The number of hydrogen-bond donors (Lipinski definition) is 0. The Morgan fingerprint density at radius 2 is 1.53 bits per heavy atom. The van der Waals surface area contributed by atoms with Crippen molar-refractivity contribution in [2.24, 2.45) is 17.8 Å². The molecule has 1 heteroatoms. The smallest absolute Gasteiger partial charge is 0.0671 e. The van der Waals surface area contributed by atoms with Crippen molar-refractivity contribution in [3.8, 4) is 0 Å². The Hall–Kier alpha value is -0.563. The summed E-state index contributed by atoms with van der Waals surface area (Å²) in [6, 6.07) is 9.72. The molecule has 1 aromatic rings. The first-order chi connectivity index (χ1) is 9.14. The largest absolute Gasteiger partial charge is 0.0791 e. The molecule has 0 spiro atoms. The van der Waals surface area contributed by atoms with Gasteiger partial charge >= 0.3 is 0 Å². The molecule has 4 bridgehead atoms. The van der Waals surface area contributed by atoms with Gasteiger partial charge in [0.1, 0.15) is 0 Å². The minimum absolute atomic E-state index is 0.304. The highest BCUT2D eigenvalue weighted by molar-refractivity contribution is 6.70. The highest BCUT2D eigenvalue weighted by atomic mass is 28.3. The number of benzene rings is 1. The quantitative estimate of drug-likeness (QED) is 0.709. The molecule has 0 heterocycles. The van der Waals surface area contributed by atoms with Crippen LogP contribution in [0.15, 0.2) is 24.3 Å². The average Bonchev–Trinajstić information content (AvgIpc) is 2.37. The van der Waals surface area contributed by atoms with E-state index in [-0.39, 0.29) is 8.80 Å². The van der Waals surface area contributed by atoms with E-state index >= 15 is 0 Å². The molecule has 101 valence electrons. The van der Waals surface area contributed by atoms with Gasteiger partial charge in [-0.25, -0.2) is 0 Å². The third-order valence-electron chi connectivity index (χ3n) is 6.09. The van der Waals surface area contributed by atoms with Crippen molar-refractivity contribution in [2.75, 3.05) is 0 Å². The Morgan fingerprint density at radius 1 is 0.947 bits per heavy atom. The first-order valence-corrected chi connectivity index (χ1v) is 10.6. The van der Waals surface area contributed by atoms with Crippen LogP contribution in [-0.4, -0.2) is 8.80 Å². The molecule has 4 fully saturated rings. The van der Waals surface area contributed by atoms with Crippen LogP contribution in [0.4, 0.5) is 0 Å². The fourth-order valence-corrected chi connectivity index (χ4v) is 6.50. The van der Waals surface area contributed by atoms with Gasteiger partial charge in [0.15, 0.2) is 0 Å². The van der Waals surface area contributed by atoms with Crippen LogP contribution in [-0.2, 0) is 5.41 Å². The van der Waals surface area contributed by atoms with E-state index < -0.39 is 0 Å². The Morgan fingerprint density at radius 3 is 2.05 bits per heavy atom. The van der Waals surface area contributed by atoms with E-state index in [1.165, 1.54) is 19.3 Å². The lowest BCUT2D eigenvalue weighted by molar-refractivity contribution is -0.00515. The van der Waals surface area contributed by atoms with E-state index in [0.717, 1.165) is 17.8 Å². The molecule has 19 heavy (non-hydrogen) atoms. The third-order valence-corrected chi connectivity index (χ3v) is 7.56. The lowest BCUT2D eigenvalue weighted by atomic mass is 9.48. The van der Waals surface area contributed by atoms with Gasteiger partial charge < -0.3 is 0 Å². The van der Waals surface area contributed by atoms with Gasteiger partial charge in [-0.3, -0.25) is 0 Å². The second-order valence-electron chi connectivity index (χ2n) is 7.78. The maximum Gasteiger partial charge on any atom is 0.0791 e. The predicted molar refractivity (Wildman–Crippen MR) is 83.4 cm³/mol. The van der Waals surface area contributed by atoms with Crippen molar-refractivity contribution >= 4 is 14.0 Å². The van der Waals surface area contributed by atoms with Gasteiger partial charge in [-0.2, -0.15) is 0 Å². The Bertz CT molecular complexity index is 453. The summed E-state index contributed by atoms with van der Waals surface area (Å²) < 4.78 is 0. The lowest BCUT2D eigenvalue weighted by Crippen LogP contribution is -2.48. The first-order valence-electron chi connectivity index (χ1n) is 8.06. The highest BCUT2D eigenvalue weighted by Crippen LogP contribution is 2.60. The standard InChI is InChI=1S/C18H25Si/c1-19(2)17-5-3-4-16(9-17)18-10-13-6-14(11-18)8-15(7-13)12-18/h3-5,9,13-15H,6-8,10-12H2,1-2H3. The molecule has 4 saturated carbocycles. The highest BCUT2D eigenvalue weighted by Gasteiger charge is 2.51. The van der Waals surface area contributed by atoms with Crippen molar-refractivity contribution in [1.82, 2.24) is 0 Å². The molecule has 1 radical (unpaired) electrons. The fraction of sp³-hybridized carbons (Fsp3) is 0.667. The fourth-order valence-electron chi connectivity index (χ4n) is 5.62. The van der Waals surface area contributed by atoms with Gasteiger partial charge in [0.25, 0.3) is 0 Å². The van der Waals surface area contributed by atoms with E-state index in [9.17, 15) is 0 Å². The summed E-state index contributed by atoms with van der Waals surface area (Å²) in [4.78, 5) is 0. The molecular weight excluding hydrogens is 244 g/mol. The van der Waals surface area contributed by atoms with E-state index in [0.29, 0.717) is 5.41 Å². The summed E-state index contributed by atoms with van der Waals surface area (Å²) in [5.74, 6) is 3.17. The monoisotopic (exact) mass is 269 g/mol. The van der Waals surface area contributed by atoms with Gasteiger partial charge in [-0.1, -0.05) is 42.5 Å². The lowest BCUT2D eigenvalue weighted by Gasteiger charge is -2.57. The minimum atomic E-state index is -0.304. The average molecular weight is 269 g/mol. The minimum Gasteiger partial charge on any atom is -0.0671 e. The van der Waals surface area contributed by atoms with Crippen molar-refractivity contribution in [3.63, 3.8) is 0 Å². The van der Waals surface area contributed by atoms with E-state index in [4.69, 9.17) is 0 Å². The molecule has 0 aromatic heterocycles. The van der Waals surface area contributed by atoms with Crippen LogP contribution >= 0.6 is 0 Å². The van der Waals surface area contributed by atoms with Crippen LogP contribution in [0.2, 0.25) is 13.1 Å². The zero-order valence-electron chi connectivity index (χ0n) is 12.3. The van der Waals surface area contributed by atoms with Crippen LogP contribution in [0.1, 0.15) is 44.1 Å². The normalized spacial score (nSPS) is 40.1. The number of rotatable bonds is 2. The zero-order valence-corrected chi connectivity index (χ0v) is 13.3. The summed E-state index contributed by atoms with van der Waals surface area (Å²) in [6.45, 7) is 4.84. The van der Waals surface area contributed by atoms with Crippen molar-refractivity contribution in [1.29, 1.82) is 0 Å². The summed E-state index contributed by atoms with van der Waals surface area (Å²) >= 11 is 0. The SMILES string of the molecule is C[Si](C)c1cccc(C23CC4CC(CC(C4)C2)C3)c1. The summed E-state index contributed by atoms with van der Waals surface area (Å²) in [7, 11) is -0.304. The molecule has 0 saturated heterocycles. The Balaban J connectivity index is 1.73. The Labute approximate surface area is 119 Å². The third kappa shape index (κ3) is 1.93. The molecule has 4 aliphatic carbocycles. The van der Waals surface area contributed by atoms with Crippen molar-refractivity contribution in [2.45, 2.75) is 57.0 Å². The van der Waals surface area contributed by atoms with Crippen LogP contribution in [0.25, 0.3) is 0 Å². The Kier molecular flexibility index (Phi) is 2.71. The topological polar surface area (TPSA) is 0 Å². The maximum atomic E-state index is 2.58. The second kappa shape index (κ2) is 4.21. The van der Waals surface area contributed by atoms with E-state index in [1.807, 2.05) is 0 Å². The molecule has 0 nitrogen and oxygen atoms in total. The summed E-state index contributed by atoms with van der Waals surface area (Å²) in [5, 5.41) is 1.64. The second-order valence-corrected chi connectivity index (χ2v) is 10.4. The van der Waals surface area contributed by atoms with E-state index in [2.05, 4.69) is 37.4 Å². The van der Waals surface area contributed by atoms with Crippen LogP contribution in [0.5, 0.6) is 0 Å². The van der Waals surface area contributed by atoms with Crippen LogP contribution in [0, 0.1) is 17.8 Å². The molecule has 0 unspecified atom stereocenters. The van der Waals surface area contributed by atoms with Gasteiger partial charge in [0.2, 0.25) is 0 Å². The predicted octanol–water partition coefficient (Wildman–Crippen LogP) is 4.12. The molecule has 0 N–H and O–H groups in total. The molecule has 1 aromatic carbocycles. The van der Waals surface area contributed by atoms with Gasteiger partial charge in [-0.15, -0.1) is 0 Å². The molecule has 0 atom stereocenters. The van der Waals surface area contributed by atoms with Crippen molar-refractivity contribution in [3.05, 3.63) is 29.8 Å². The first kappa shape index (κ1) is 12.2. The molecule has 4 aliphatic rings. The van der Waals surface area contributed by atoms with Crippen LogP contribution in [0.3, 0.4) is 0 Å². The van der Waals surface area contributed by atoms with E-state index in [1.54, 1.807) is 30.0 Å². The molecule has 5 rings (SSSR count). The van der Waals surface area contributed by atoms with Crippen LogP contribution < -0.4 is 5.19 Å². The summed E-state index contributed by atoms with van der Waals surface area (Å²) in [6.07, 6.45) is 9.15. The number of hydrogen-bond acceptors (Lipinski definition) is 0.